The number of likely N-dealkylation sites (tertiary alicyclic amines) is 1. The molecule has 5 heteroatoms. The second kappa shape index (κ2) is 8.49. The van der Waals surface area contributed by atoms with Gasteiger partial charge in [0.15, 0.2) is 0 Å². The average molecular weight is 415 g/mol. The first-order chi connectivity index (χ1) is 12.5. The van der Waals surface area contributed by atoms with Gasteiger partial charge in [-0.1, -0.05) is 34.8 Å². The summed E-state index contributed by atoms with van der Waals surface area (Å²) < 4.78 is 0.906. The standard InChI is InChI=1S/C21H23BrN2O2/c1-15-6-7-17(14-19(15)22)20(25)23-18-10-8-16(9-11-18)21(26)24-12-4-2-3-5-13-24/h6-11,14H,2-5,12-13H2,1H3,(H,23,25). The van der Waals surface area contributed by atoms with E-state index < -0.39 is 0 Å². The molecule has 0 radical (unpaired) electrons. The zero-order valence-electron chi connectivity index (χ0n) is 14.9. The fourth-order valence-corrected chi connectivity index (χ4v) is 3.47. The van der Waals surface area contributed by atoms with E-state index in [1.165, 1.54) is 12.8 Å². The van der Waals surface area contributed by atoms with Crippen molar-refractivity contribution >= 4 is 33.4 Å². The van der Waals surface area contributed by atoms with Gasteiger partial charge < -0.3 is 10.2 Å². The molecular formula is C21H23BrN2O2. The maximum atomic E-state index is 12.6. The van der Waals surface area contributed by atoms with Crippen molar-refractivity contribution in [2.75, 3.05) is 18.4 Å². The lowest BCUT2D eigenvalue weighted by Crippen LogP contribution is -2.31. The topological polar surface area (TPSA) is 49.4 Å². The molecule has 0 aromatic heterocycles. The van der Waals surface area contributed by atoms with Crippen LogP contribution in [0, 0.1) is 6.92 Å². The third kappa shape index (κ3) is 4.52. The molecule has 1 aliphatic heterocycles. The van der Waals surface area contributed by atoms with Gasteiger partial charge in [0.2, 0.25) is 0 Å². The van der Waals surface area contributed by atoms with Gasteiger partial charge in [-0.15, -0.1) is 0 Å². The monoisotopic (exact) mass is 414 g/mol. The highest BCUT2D eigenvalue weighted by Gasteiger charge is 2.17. The Hall–Kier alpha value is -2.14. The molecule has 2 amide bonds. The zero-order valence-corrected chi connectivity index (χ0v) is 16.5. The van der Waals surface area contributed by atoms with Crippen LogP contribution in [0.15, 0.2) is 46.9 Å². The number of carbonyl (C=O) groups excluding carboxylic acids is 2. The lowest BCUT2D eigenvalue weighted by molar-refractivity contribution is 0.0761. The van der Waals surface area contributed by atoms with Gasteiger partial charge in [0, 0.05) is 34.4 Å². The number of rotatable bonds is 3. The van der Waals surface area contributed by atoms with Crippen LogP contribution in [-0.4, -0.2) is 29.8 Å². The number of carbonyl (C=O) groups is 2. The van der Waals surface area contributed by atoms with Crippen LogP contribution >= 0.6 is 15.9 Å². The quantitative estimate of drug-likeness (QED) is 0.765. The van der Waals surface area contributed by atoms with Gasteiger partial charge in [0.05, 0.1) is 0 Å². The number of nitrogens with zero attached hydrogens (tertiary/aromatic N) is 1. The summed E-state index contributed by atoms with van der Waals surface area (Å²) in [5.41, 5.74) is 3.02. The van der Waals surface area contributed by atoms with Crippen molar-refractivity contribution in [2.45, 2.75) is 32.6 Å². The van der Waals surface area contributed by atoms with Crippen LogP contribution in [0.1, 0.15) is 52.0 Å². The van der Waals surface area contributed by atoms with Gasteiger partial charge in [0.1, 0.15) is 0 Å². The first-order valence-electron chi connectivity index (χ1n) is 9.01. The molecule has 0 bridgehead atoms. The van der Waals surface area contributed by atoms with E-state index >= 15 is 0 Å². The van der Waals surface area contributed by atoms with Gasteiger partial charge >= 0.3 is 0 Å². The second-order valence-electron chi connectivity index (χ2n) is 6.70. The fraction of sp³-hybridized carbons (Fsp3) is 0.333. The zero-order chi connectivity index (χ0) is 18.5. The van der Waals surface area contributed by atoms with E-state index in [1.807, 2.05) is 24.0 Å². The van der Waals surface area contributed by atoms with Crippen molar-refractivity contribution in [3.05, 3.63) is 63.6 Å². The van der Waals surface area contributed by atoms with Crippen LogP contribution in [0.25, 0.3) is 0 Å². The number of anilines is 1. The number of halogens is 1. The summed E-state index contributed by atoms with van der Waals surface area (Å²) in [7, 11) is 0. The van der Waals surface area contributed by atoms with E-state index in [2.05, 4.69) is 21.2 Å². The molecule has 0 saturated carbocycles. The molecule has 1 heterocycles. The summed E-state index contributed by atoms with van der Waals surface area (Å²) >= 11 is 3.45. The molecule has 26 heavy (non-hydrogen) atoms. The SMILES string of the molecule is Cc1ccc(C(=O)Nc2ccc(C(=O)N3CCCCCC3)cc2)cc1Br. The number of hydrogen-bond donors (Lipinski definition) is 1. The first kappa shape index (κ1) is 18.6. The van der Waals surface area contributed by atoms with Crippen LogP contribution in [-0.2, 0) is 0 Å². The van der Waals surface area contributed by atoms with Crippen molar-refractivity contribution in [1.29, 1.82) is 0 Å². The highest BCUT2D eigenvalue weighted by atomic mass is 79.9. The van der Waals surface area contributed by atoms with Crippen molar-refractivity contribution < 1.29 is 9.59 Å². The molecule has 3 rings (SSSR count). The molecule has 1 aliphatic rings. The highest BCUT2D eigenvalue weighted by molar-refractivity contribution is 9.10. The van der Waals surface area contributed by atoms with Crippen molar-refractivity contribution in [2.24, 2.45) is 0 Å². The molecule has 136 valence electrons. The minimum atomic E-state index is -0.169. The minimum absolute atomic E-state index is 0.0761. The van der Waals surface area contributed by atoms with E-state index in [4.69, 9.17) is 0 Å². The van der Waals surface area contributed by atoms with E-state index in [1.54, 1.807) is 30.3 Å². The van der Waals surface area contributed by atoms with Crippen LogP contribution in [0.3, 0.4) is 0 Å². The van der Waals surface area contributed by atoms with Gasteiger partial charge in [0.25, 0.3) is 11.8 Å². The van der Waals surface area contributed by atoms with Gasteiger partial charge in [-0.05, 0) is 61.7 Å². The van der Waals surface area contributed by atoms with E-state index in [0.29, 0.717) is 16.8 Å². The van der Waals surface area contributed by atoms with Gasteiger partial charge in [-0.2, -0.15) is 0 Å². The predicted octanol–water partition coefficient (Wildman–Crippen LogP) is 5.03. The lowest BCUT2D eigenvalue weighted by Gasteiger charge is -2.20. The molecule has 2 aromatic rings. The summed E-state index contributed by atoms with van der Waals surface area (Å²) in [6, 6.07) is 12.6. The minimum Gasteiger partial charge on any atom is -0.339 e. The Kier molecular flexibility index (Phi) is 6.09. The van der Waals surface area contributed by atoms with Crippen molar-refractivity contribution in [3.63, 3.8) is 0 Å². The van der Waals surface area contributed by atoms with E-state index in [9.17, 15) is 9.59 Å². The summed E-state index contributed by atoms with van der Waals surface area (Å²) in [6.07, 6.45) is 4.55. The molecule has 0 atom stereocenters. The summed E-state index contributed by atoms with van der Waals surface area (Å²) in [5.74, 6) is -0.0930. The number of hydrogen-bond acceptors (Lipinski definition) is 2. The third-order valence-corrected chi connectivity index (χ3v) is 5.57. The Bertz CT molecular complexity index is 794. The van der Waals surface area contributed by atoms with Crippen LogP contribution in [0.5, 0.6) is 0 Å². The molecular weight excluding hydrogens is 392 g/mol. The summed E-state index contributed by atoms with van der Waals surface area (Å²) in [4.78, 5) is 26.9. The molecule has 2 aromatic carbocycles. The number of aryl methyl sites for hydroxylation is 1. The van der Waals surface area contributed by atoms with E-state index in [-0.39, 0.29) is 11.8 Å². The van der Waals surface area contributed by atoms with Crippen LogP contribution < -0.4 is 5.32 Å². The summed E-state index contributed by atoms with van der Waals surface area (Å²) in [5, 5.41) is 2.88. The molecule has 1 saturated heterocycles. The second-order valence-corrected chi connectivity index (χ2v) is 7.56. The van der Waals surface area contributed by atoms with Gasteiger partial charge in [-0.25, -0.2) is 0 Å². The maximum absolute atomic E-state index is 12.6. The van der Waals surface area contributed by atoms with Crippen molar-refractivity contribution in [1.82, 2.24) is 4.90 Å². The smallest absolute Gasteiger partial charge is 0.255 e. The van der Waals surface area contributed by atoms with Gasteiger partial charge in [-0.3, -0.25) is 9.59 Å². The Morgan fingerprint density at radius 2 is 1.54 bits per heavy atom. The number of nitrogens with one attached hydrogen (secondary N) is 1. The summed E-state index contributed by atoms with van der Waals surface area (Å²) in [6.45, 7) is 3.64. The van der Waals surface area contributed by atoms with E-state index in [0.717, 1.165) is 36.0 Å². The lowest BCUT2D eigenvalue weighted by atomic mass is 10.1. The number of benzene rings is 2. The fourth-order valence-electron chi connectivity index (χ4n) is 3.09. The molecule has 1 N–H and O–H groups in total. The molecule has 0 spiro atoms. The third-order valence-electron chi connectivity index (χ3n) is 4.72. The number of amides is 2. The Morgan fingerprint density at radius 1 is 0.923 bits per heavy atom. The molecule has 1 fully saturated rings. The highest BCUT2D eigenvalue weighted by Crippen LogP contribution is 2.19. The molecule has 0 aliphatic carbocycles. The van der Waals surface area contributed by atoms with Crippen LogP contribution in [0.2, 0.25) is 0 Å². The normalized spacial score (nSPS) is 14.6. The molecule has 4 nitrogen and oxygen atoms in total. The average Bonchev–Trinajstić information content (AvgIpc) is 2.93. The Labute approximate surface area is 162 Å². The molecule has 0 unspecified atom stereocenters. The van der Waals surface area contributed by atoms with Crippen molar-refractivity contribution in [3.8, 4) is 0 Å². The Balaban J connectivity index is 1.66. The first-order valence-corrected chi connectivity index (χ1v) is 9.81. The maximum Gasteiger partial charge on any atom is 0.255 e. The predicted molar refractivity (Wildman–Crippen MR) is 108 cm³/mol. The Morgan fingerprint density at radius 3 is 2.15 bits per heavy atom. The largest absolute Gasteiger partial charge is 0.339 e. The van der Waals surface area contributed by atoms with Crippen LogP contribution in [0.4, 0.5) is 5.69 Å².